The molecule has 0 radical (unpaired) electrons. The molecule has 0 saturated heterocycles. The molecule has 1 aliphatic heterocycles. The Morgan fingerprint density at radius 1 is 1.29 bits per heavy atom. The summed E-state index contributed by atoms with van der Waals surface area (Å²) < 4.78 is 23.3. The molecule has 0 N–H and O–H groups in total. The van der Waals surface area contributed by atoms with Crippen LogP contribution >= 0.6 is 22.3 Å². The second-order valence-electron chi connectivity index (χ2n) is 5.86. The van der Waals surface area contributed by atoms with E-state index in [1.165, 1.54) is 6.07 Å². The molecule has 1 atom stereocenters. The lowest BCUT2D eigenvalue weighted by Crippen LogP contribution is -2.31. The van der Waals surface area contributed by atoms with Crippen LogP contribution in [-0.4, -0.2) is 26.9 Å². The summed E-state index contributed by atoms with van der Waals surface area (Å²) in [7, 11) is 3.65. The SMILES string of the molecule is [C-]#[N+]c1cc(Cl)cc2c1CN(C)CC2c1cccc(S(=O)(=O)Cl)c1. The Morgan fingerprint density at radius 2 is 2.04 bits per heavy atom. The van der Waals surface area contributed by atoms with Crippen LogP contribution in [0.25, 0.3) is 4.85 Å². The highest BCUT2D eigenvalue weighted by molar-refractivity contribution is 8.13. The first-order chi connectivity index (χ1) is 11.3. The van der Waals surface area contributed by atoms with E-state index < -0.39 is 9.05 Å². The standard InChI is InChI=1S/C17H14Cl2N2O2S/c1-20-17-8-12(18)7-14-15(9-21(2)10-16(14)17)11-4-3-5-13(6-11)24(19,22)23/h3-8,15H,9-10H2,2H3. The Balaban J connectivity index is 2.18. The van der Waals surface area contributed by atoms with Crippen molar-refractivity contribution in [2.45, 2.75) is 17.4 Å². The summed E-state index contributed by atoms with van der Waals surface area (Å²) in [5.41, 5.74) is 3.28. The fourth-order valence-corrected chi connectivity index (χ4v) is 4.17. The van der Waals surface area contributed by atoms with Crippen molar-refractivity contribution in [3.8, 4) is 0 Å². The smallest absolute Gasteiger partial charge is 0.261 e. The highest BCUT2D eigenvalue weighted by Crippen LogP contribution is 2.40. The van der Waals surface area contributed by atoms with Crippen molar-refractivity contribution < 1.29 is 8.42 Å². The summed E-state index contributed by atoms with van der Waals surface area (Å²) >= 11 is 6.18. The second kappa shape index (κ2) is 6.38. The van der Waals surface area contributed by atoms with Gasteiger partial charge in [0.1, 0.15) is 0 Å². The van der Waals surface area contributed by atoms with Crippen LogP contribution in [-0.2, 0) is 15.6 Å². The maximum Gasteiger partial charge on any atom is 0.261 e. The molecule has 4 nitrogen and oxygen atoms in total. The monoisotopic (exact) mass is 380 g/mol. The van der Waals surface area contributed by atoms with E-state index >= 15 is 0 Å². The van der Waals surface area contributed by atoms with Gasteiger partial charge in [0.2, 0.25) is 0 Å². The van der Waals surface area contributed by atoms with Crippen LogP contribution in [0.5, 0.6) is 0 Å². The predicted molar refractivity (Wildman–Crippen MR) is 95.4 cm³/mol. The van der Waals surface area contributed by atoms with Crippen molar-refractivity contribution in [3.63, 3.8) is 0 Å². The van der Waals surface area contributed by atoms with Gasteiger partial charge in [0.15, 0.2) is 5.69 Å². The van der Waals surface area contributed by atoms with Crippen LogP contribution in [0.1, 0.15) is 22.6 Å². The van der Waals surface area contributed by atoms with E-state index in [1.807, 2.05) is 19.2 Å². The molecule has 1 unspecified atom stereocenters. The molecule has 7 heteroatoms. The summed E-state index contributed by atoms with van der Waals surface area (Å²) in [5.74, 6) is -0.0729. The Bertz CT molecular complexity index is 952. The first-order valence-corrected chi connectivity index (χ1v) is 9.91. The van der Waals surface area contributed by atoms with Gasteiger partial charge in [0.05, 0.1) is 11.5 Å². The predicted octanol–water partition coefficient (Wildman–Crippen LogP) is 4.40. The van der Waals surface area contributed by atoms with Gasteiger partial charge in [-0.05, 0) is 48.0 Å². The lowest BCUT2D eigenvalue weighted by atomic mass is 9.84. The Labute approximate surface area is 150 Å². The van der Waals surface area contributed by atoms with Crippen LogP contribution in [0, 0.1) is 6.57 Å². The van der Waals surface area contributed by atoms with E-state index in [0.717, 1.165) is 16.7 Å². The van der Waals surface area contributed by atoms with Crippen LogP contribution in [0.4, 0.5) is 5.69 Å². The molecule has 0 saturated carbocycles. The summed E-state index contributed by atoms with van der Waals surface area (Å²) in [5, 5.41) is 0.510. The molecule has 2 aromatic carbocycles. The van der Waals surface area contributed by atoms with Gasteiger partial charge in [-0.3, -0.25) is 0 Å². The van der Waals surface area contributed by atoms with E-state index in [4.69, 9.17) is 28.9 Å². The molecule has 0 aromatic heterocycles. The molecular weight excluding hydrogens is 367 g/mol. The van der Waals surface area contributed by atoms with Crippen molar-refractivity contribution in [1.82, 2.24) is 4.90 Å². The van der Waals surface area contributed by atoms with Crippen molar-refractivity contribution >= 4 is 37.0 Å². The van der Waals surface area contributed by atoms with Gasteiger partial charge in [-0.2, -0.15) is 0 Å². The zero-order valence-electron chi connectivity index (χ0n) is 12.8. The number of halogens is 2. The lowest BCUT2D eigenvalue weighted by Gasteiger charge is -2.33. The second-order valence-corrected chi connectivity index (χ2v) is 8.87. The summed E-state index contributed by atoms with van der Waals surface area (Å²) in [4.78, 5) is 5.77. The number of hydrogen-bond acceptors (Lipinski definition) is 3. The Kier molecular flexibility index (Phi) is 4.58. The average Bonchev–Trinajstić information content (AvgIpc) is 2.53. The molecule has 2 aromatic rings. The maximum atomic E-state index is 11.6. The van der Waals surface area contributed by atoms with Gasteiger partial charge in [0, 0.05) is 34.7 Å². The molecule has 0 fully saturated rings. The minimum Gasteiger partial charge on any atom is -0.302 e. The number of hydrogen-bond donors (Lipinski definition) is 0. The van der Waals surface area contributed by atoms with Gasteiger partial charge < -0.3 is 4.90 Å². The number of fused-ring (bicyclic) bond motifs is 1. The van der Waals surface area contributed by atoms with Crippen molar-refractivity contribution in [3.05, 3.63) is 69.5 Å². The quantitative estimate of drug-likeness (QED) is 0.572. The van der Waals surface area contributed by atoms with E-state index in [9.17, 15) is 8.42 Å². The van der Waals surface area contributed by atoms with Gasteiger partial charge in [-0.25, -0.2) is 13.3 Å². The summed E-state index contributed by atoms with van der Waals surface area (Å²) in [6.45, 7) is 8.75. The molecule has 0 bridgehead atoms. The Morgan fingerprint density at radius 3 is 2.71 bits per heavy atom. The minimum atomic E-state index is -3.79. The van der Waals surface area contributed by atoms with Crippen molar-refractivity contribution in [2.75, 3.05) is 13.6 Å². The van der Waals surface area contributed by atoms with Crippen LogP contribution in [0.3, 0.4) is 0 Å². The van der Waals surface area contributed by atoms with Crippen molar-refractivity contribution in [2.24, 2.45) is 0 Å². The fourth-order valence-electron chi connectivity index (χ4n) is 3.14. The molecule has 0 aliphatic carbocycles. The third-order valence-electron chi connectivity index (χ3n) is 4.19. The van der Waals surface area contributed by atoms with Gasteiger partial charge in [0.25, 0.3) is 9.05 Å². The zero-order chi connectivity index (χ0) is 17.5. The van der Waals surface area contributed by atoms with E-state index in [1.54, 1.807) is 18.2 Å². The number of rotatable bonds is 2. The fraction of sp³-hybridized carbons (Fsp3) is 0.235. The first kappa shape index (κ1) is 17.2. The van der Waals surface area contributed by atoms with Gasteiger partial charge >= 0.3 is 0 Å². The first-order valence-electron chi connectivity index (χ1n) is 7.22. The van der Waals surface area contributed by atoms with Gasteiger partial charge in [-0.15, -0.1) is 0 Å². The Hall–Kier alpha value is -1.58. The number of likely N-dealkylation sites (N-methyl/N-ethyl adjacent to an activating group) is 1. The van der Waals surface area contributed by atoms with Crippen molar-refractivity contribution in [1.29, 1.82) is 0 Å². The molecule has 24 heavy (non-hydrogen) atoms. The highest BCUT2D eigenvalue weighted by atomic mass is 35.7. The molecular formula is C17H14Cl2N2O2S. The lowest BCUT2D eigenvalue weighted by molar-refractivity contribution is 0.296. The normalized spacial score (nSPS) is 18.0. The largest absolute Gasteiger partial charge is 0.302 e. The topological polar surface area (TPSA) is 41.7 Å². The molecule has 124 valence electrons. The van der Waals surface area contributed by atoms with Crippen LogP contribution in [0.2, 0.25) is 5.02 Å². The third-order valence-corrected chi connectivity index (χ3v) is 5.76. The van der Waals surface area contributed by atoms with E-state index in [-0.39, 0.29) is 10.8 Å². The summed E-state index contributed by atoms with van der Waals surface area (Å²) in [6, 6.07) is 10.2. The third kappa shape index (κ3) is 3.28. The van der Waals surface area contributed by atoms with Gasteiger partial charge in [-0.1, -0.05) is 23.7 Å². The van der Waals surface area contributed by atoms with E-state index in [0.29, 0.717) is 23.8 Å². The van der Waals surface area contributed by atoms with Crippen LogP contribution < -0.4 is 0 Å². The molecule has 1 aliphatic rings. The average molecular weight is 381 g/mol. The van der Waals surface area contributed by atoms with Crippen LogP contribution in [0.15, 0.2) is 41.3 Å². The number of benzene rings is 2. The molecule has 0 amide bonds. The summed E-state index contributed by atoms with van der Waals surface area (Å²) in [6.07, 6.45) is 0. The molecule has 3 rings (SSSR count). The minimum absolute atomic E-state index is 0.0729. The van der Waals surface area contributed by atoms with E-state index in [2.05, 4.69) is 9.74 Å². The maximum absolute atomic E-state index is 11.6. The molecule has 0 spiro atoms. The number of nitrogens with zero attached hydrogens (tertiary/aromatic N) is 2. The highest BCUT2D eigenvalue weighted by Gasteiger charge is 2.28. The molecule has 1 heterocycles. The zero-order valence-corrected chi connectivity index (χ0v) is 15.2.